The summed E-state index contributed by atoms with van der Waals surface area (Å²) in [4.78, 5) is 42.8. The molecule has 2 aliphatic heterocycles. The largest absolute Gasteiger partial charge is 0.391 e. The first kappa shape index (κ1) is 30.9. The molecule has 2 heterocycles. The number of nitrogens with one attached hydrogen (secondary N) is 2. The molecule has 222 valence electrons. The van der Waals surface area contributed by atoms with Crippen molar-refractivity contribution in [1.82, 2.24) is 19.8 Å². The number of carbonyl (C=O) groups is 3. The number of hydrogen-bond donors (Lipinski definition) is 4. The van der Waals surface area contributed by atoms with Gasteiger partial charge in [-0.2, -0.15) is 0 Å². The highest BCUT2D eigenvalue weighted by atomic mass is 35.5. The minimum absolute atomic E-state index is 0.125. The number of halogens is 1. The molecule has 2 fully saturated rings. The molecule has 0 saturated carbocycles. The minimum atomic E-state index is -4.03. The van der Waals surface area contributed by atoms with Gasteiger partial charge in [-0.1, -0.05) is 48.0 Å². The second-order valence-corrected chi connectivity index (χ2v) is 12.6. The van der Waals surface area contributed by atoms with Crippen LogP contribution in [0, 0.1) is 0 Å². The summed E-state index contributed by atoms with van der Waals surface area (Å²) in [5, 5.41) is 13.2. The zero-order chi connectivity index (χ0) is 29.6. The molecule has 0 aromatic heterocycles. The first-order valence-corrected chi connectivity index (χ1v) is 15.6. The number of nitrogens with two attached hydrogens (primary N) is 1. The Morgan fingerprint density at radius 3 is 2.51 bits per heavy atom. The smallest absolute Gasteiger partial charge is 0.243 e. The molecule has 2 aromatic rings. The molecule has 2 saturated heterocycles. The maximum atomic E-state index is 13.8. The van der Waals surface area contributed by atoms with Gasteiger partial charge in [-0.15, -0.1) is 0 Å². The number of hydrogen-bond acceptors (Lipinski definition) is 7. The van der Waals surface area contributed by atoms with E-state index in [9.17, 15) is 27.9 Å². The lowest BCUT2D eigenvalue weighted by Crippen LogP contribution is -2.54. The molecule has 5 N–H and O–H groups in total. The fraction of sp³-hybridized carbons (Fsp3) is 0.464. The number of aliphatic hydroxyl groups is 1. The van der Waals surface area contributed by atoms with E-state index in [2.05, 4.69) is 10.0 Å². The molecule has 2 aliphatic rings. The number of rotatable bonds is 11. The lowest BCUT2D eigenvalue weighted by molar-refractivity contribution is -0.142. The molecule has 3 atom stereocenters. The minimum Gasteiger partial charge on any atom is -0.391 e. The summed E-state index contributed by atoms with van der Waals surface area (Å²) >= 11 is 6.11. The third kappa shape index (κ3) is 8.26. The molecule has 0 unspecified atom stereocenters. The number of likely N-dealkylation sites (tertiary alicyclic amines) is 2. The first-order chi connectivity index (χ1) is 19.6. The summed E-state index contributed by atoms with van der Waals surface area (Å²) < 4.78 is 28.6. The summed E-state index contributed by atoms with van der Waals surface area (Å²) in [7, 11) is -4.03. The highest BCUT2D eigenvalue weighted by Crippen LogP contribution is 2.22. The number of carbonyl (C=O) groups excluding carboxylic acids is 3. The molecule has 0 radical (unpaired) electrons. The van der Waals surface area contributed by atoms with Crippen LogP contribution < -0.4 is 15.8 Å². The van der Waals surface area contributed by atoms with Crippen LogP contribution in [0.5, 0.6) is 0 Å². The summed E-state index contributed by atoms with van der Waals surface area (Å²) in [6.45, 7) is 1.12. The molecule has 41 heavy (non-hydrogen) atoms. The number of aliphatic hydroxyl groups excluding tert-OH is 1. The number of sulfonamides is 1. The quantitative estimate of drug-likeness (QED) is 0.295. The van der Waals surface area contributed by atoms with Gasteiger partial charge in [0.2, 0.25) is 27.7 Å². The second kappa shape index (κ2) is 13.8. The van der Waals surface area contributed by atoms with Gasteiger partial charge in [0.05, 0.1) is 18.3 Å². The van der Waals surface area contributed by atoms with Crippen LogP contribution in [0.1, 0.15) is 42.4 Å². The van der Waals surface area contributed by atoms with Crippen molar-refractivity contribution in [1.29, 1.82) is 0 Å². The Morgan fingerprint density at radius 2 is 1.83 bits per heavy atom. The van der Waals surface area contributed by atoms with Crippen molar-refractivity contribution in [3.8, 4) is 0 Å². The monoisotopic (exact) mass is 605 g/mol. The van der Waals surface area contributed by atoms with E-state index in [1.165, 1.54) is 9.80 Å². The third-order valence-corrected chi connectivity index (χ3v) is 8.99. The van der Waals surface area contributed by atoms with Gasteiger partial charge < -0.3 is 26.0 Å². The number of benzene rings is 2. The number of amides is 3. The van der Waals surface area contributed by atoms with Crippen molar-refractivity contribution in [3.05, 3.63) is 70.2 Å². The van der Waals surface area contributed by atoms with Crippen molar-refractivity contribution in [2.45, 2.75) is 62.7 Å². The SMILES string of the molecule is NCc1ccc(Cl)cc1CNC(=O)[C@@H]1CCCN1C(=O)[C@@H](CC(=O)N1CC[C@H](O)C1)NS(=O)(=O)Cc1ccccc1. The van der Waals surface area contributed by atoms with E-state index in [1.54, 1.807) is 48.5 Å². The highest BCUT2D eigenvalue weighted by molar-refractivity contribution is 7.88. The molecular formula is C28H36ClN5O6S. The molecule has 0 aliphatic carbocycles. The van der Waals surface area contributed by atoms with E-state index < -0.39 is 52.4 Å². The molecule has 4 rings (SSSR count). The zero-order valence-corrected chi connectivity index (χ0v) is 24.2. The van der Waals surface area contributed by atoms with Crippen LogP contribution in [-0.2, 0) is 43.2 Å². The topological polar surface area (TPSA) is 162 Å². The second-order valence-electron chi connectivity index (χ2n) is 10.4. The molecule has 2 aromatic carbocycles. The van der Waals surface area contributed by atoms with Gasteiger partial charge in [0.25, 0.3) is 0 Å². The van der Waals surface area contributed by atoms with Crippen LogP contribution in [0.25, 0.3) is 0 Å². The maximum absolute atomic E-state index is 13.8. The van der Waals surface area contributed by atoms with Gasteiger partial charge in [-0.3, -0.25) is 14.4 Å². The van der Waals surface area contributed by atoms with Crippen LogP contribution in [0.3, 0.4) is 0 Å². The predicted octanol–water partition coefficient (Wildman–Crippen LogP) is 0.877. The lowest BCUT2D eigenvalue weighted by Gasteiger charge is -2.29. The van der Waals surface area contributed by atoms with E-state index >= 15 is 0 Å². The van der Waals surface area contributed by atoms with Gasteiger partial charge in [0.15, 0.2) is 0 Å². The van der Waals surface area contributed by atoms with Gasteiger partial charge in [-0.05, 0) is 48.1 Å². The van der Waals surface area contributed by atoms with Gasteiger partial charge in [-0.25, -0.2) is 13.1 Å². The molecule has 3 amide bonds. The van der Waals surface area contributed by atoms with E-state index in [-0.39, 0.29) is 31.9 Å². The Labute approximate surface area is 245 Å². The van der Waals surface area contributed by atoms with Crippen molar-refractivity contribution < 1.29 is 27.9 Å². The van der Waals surface area contributed by atoms with Gasteiger partial charge in [0.1, 0.15) is 12.1 Å². The molecule has 13 heteroatoms. The zero-order valence-electron chi connectivity index (χ0n) is 22.7. The fourth-order valence-corrected chi connectivity index (χ4v) is 6.79. The van der Waals surface area contributed by atoms with Crippen LogP contribution in [0.4, 0.5) is 0 Å². The van der Waals surface area contributed by atoms with Gasteiger partial charge in [0, 0.05) is 37.7 Å². The molecule has 0 spiro atoms. The fourth-order valence-electron chi connectivity index (χ4n) is 5.27. The third-order valence-electron chi connectivity index (χ3n) is 7.39. The van der Waals surface area contributed by atoms with Crippen molar-refractivity contribution in [3.63, 3.8) is 0 Å². The summed E-state index contributed by atoms with van der Waals surface area (Å²) in [5.74, 6) is -1.85. The molecule has 11 nitrogen and oxygen atoms in total. The molecule has 0 bridgehead atoms. The average molecular weight is 606 g/mol. The van der Waals surface area contributed by atoms with E-state index in [0.717, 1.165) is 11.1 Å². The molecular weight excluding hydrogens is 570 g/mol. The van der Waals surface area contributed by atoms with Crippen LogP contribution >= 0.6 is 11.6 Å². The summed E-state index contributed by atoms with van der Waals surface area (Å²) in [6, 6.07) is 11.5. The highest BCUT2D eigenvalue weighted by Gasteiger charge is 2.40. The number of β-amino-alcohol motifs (C(OH)–C–C–N with tert-alkyl or cyclic N) is 1. The Hall–Kier alpha value is -3.03. The van der Waals surface area contributed by atoms with Crippen LogP contribution in [0.2, 0.25) is 5.02 Å². The standard InChI is InChI=1S/C28H36ClN5O6S/c29-22-9-8-20(15-30)21(13-22)16-31-27(37)25-7-4-11-34(25)28(38)24(14-26(36)33-12-10-23(35)17-33)32-41(39,40)18-19-5-2-1-3-6-19/h1-3,5-6,8-9,13,23-25,32,35H,4,7,10-12,14-18,30H2,(H,31,37)/t23-,24+,25-/m0/s1. The van der Waals surface area contributed by atoms with Crippen molar-refractivity contribution >= 4 is 39.3 Å². The Morgan fingerprint density at radius 1 is 1.07 bits per heavy atom. The van der Waals surface area contributed by atoms with Crippen LogP contribution in [-0.4, -0.2) is 78.9 Å². The van der Waals surface area contributed by atoms with Crippen molar-refractivity contribution in [2.24, 2.45) is 5.73 Å². The average Bonchev–Trinajstić information content (AvgIpc) is 3.61. The van der Waals surface area contributed by atoms with Crippen molar-refractivity contribution in [2.75, 3.05) is 19.6 Å². The lowest BCUT2D eigenvalue weighted by atomic mass is 10.1. The summed E-state index contributed by atoms with van der Waals surface area (Å²) in [5.41, 5.74) is 7.92. The Balaban J connectivity index is 1.49. The predicted molar refractivity (Wildman–Crippen MR) is 154 cm³/mol. The van der Waals surface area contributed by atoms with E-state index in [4.69, 9.17) is 17.3 Å². The maximum Gasteiger partial charge on any atom is 0.243 e. The number of nitrogens with zero attached hydrogens (tertiary/aromatic N) is 2. The normalized spacial score (nSPS) is 19.8. The first-order valence-electron chi connectivity index (χ1n) is 13.6. The van der Waals surface area contributed by atoms with Gasteiger partial charge >= 0.3 is 0 Å². The Bertz CT molecular complexity index is 1360. The van der Waals surface area contributed by atoms with E-state index in [0.29, 0.717) is 36.4 Å². The van der Waals surface area contributed by atoms with Crippen LogP contribution in [0.15, 0.2) is 48.5 Å². The Kier molecular flexibility index (Phi) is 10.4. The summed E-state index contributed by atoms with van der Waals surface area (Å²) in [6.07, 6.45) is 0.273. The van der Waals surface area contributed by atoms with E-state index in [1.807, 2.05) is 0 Å².